The lowest BCUT2D eigenvalue weighted by Gasteiger charge is -2.15. The second kappa shape index (κ2) is 3.62. The van der Waals surface area contributed by atoms with E-state index >= 15 is 0 Å². The minimum atomic E-state index is -1.18. The zero-order valence-electron chi connectivity index (χ0n) is 8.26. The van der Waals surface area contributed by atoms with Crippen molar-refractivity contribution in [1.82, 2.24) is 9.55 Å². The largest absolute Gasteiger partial charge is 0.383 e. The van der Waals surface area contributed by atoms with Crippen molar-refractivity contribution in [2.75, 3.05) is 5.73 Å². The van der Waals surface area contributed by atoms with Crippen LogP contribution in [0.3, 0.4) is 0 Å². The van der Waals surface area contributed by atoms with Gasteiger partial charge in [-0.05, 0) is 13.0 Å². The van der Waals surface area contributed by atoms with Crippen LogP contribution in [0.25, 0.3) is 0 Å². The lowest BCUT2D eigenvalue weighted by atomic mass is 10.2. The number of nitrogens with two attached hydrogens (primary N) is 1. The summed E-state index contributed by atoms with van der Waals surface area (Å²) < 4.78 is 19.9. The monoisotopic (exact) mass is 213 g/mol. The van der Waals surface area contributed by atoms with Crippen LogP contribution in [-0.4, -0.2) is 21.8 Å². The summed E-state index contributed by atoms with van der Waals surface area (Å²) in [4.78, 5) is 14.9. The zero-order chi connectivity index (χ0) is 11.0. The third-order valence-electron chi connectivity index (χ3n) is 2.36. The fourth-order valence-corrected chi connectivity index (χ4v) is 1.67. The number of nitrogen functional groups attached to an aromatic ring is 1. The zero-order valence-corrected chi connectivity index (χ0v) is 8.26. The molecule has 15 heavy (non-hydrogen) atoms. The summed E-state index contributed by atoms with van der Waals surface area (Å²) in [6, 6.07) is 1.44. The Kier molecular flexibility index (Phi) is 2.44. The molecule has 1 aliphatic rings. The van der Waals surface area contributed by atoms with Gasteiger partial charge in [0.1, 0.15) is 12.0 Å². The van der Waals surface area contributed by atoms with Crippen molar-refractivity contribution in [2.24, 2.45) is 0 Å². The van der Waals surface area contributed by atoms with Gasteiger partial charge < -0.3 is 10.5 Å². The van der Waals surface area contributed by atoms with Crippen LogP contribution in [0.15, 0.2) is 17.1 Å². The normalized spacial score (nSPS) is 30.7. The van der Waals surface area contributed by atoms with Crippen molar-refractivity contribution in [3.63, 3.8) is 0 Å². The number of hydrogen-bond acceptors (Lipinski definition) is 4. The van der Waals surface area contributed by atoms with Gasteiger partial charge in [-0.25, -0.2) is 9.18 Å². The van der Waals surface area contributed by atoms with E-state index < -0.39 is 18.1 Å². The molecular formula is C9H12FN3O2. The van der Waals surface area contributed by atoms with E-state index in [1.165, 1.54) is 12.3 Å². The highest BCUT2D eigenvalue weighted by Gasteiger charge is 2.34. The number of aromatic nitrogens is 2. The van der Waals surface area contributed by atoms with Gasteiger partial charge in [0.2, 0.25) is 0 Å². The molecule has 2 rings (SSSR count). The highest BCUT2D eigenvalue weighted by molar-refractivity contribution is 5.23. The van der Waals surface area contributed by atoms with E-state index in [1.807, 2.05) is 0 Å². The van der Waals surface area contributed by atoms with Gasteiger partial charge in [-0.3, -0.25) is 4.57 Å². The van der Waals surface area contributed by atoms with E-state index in [4.69, 9.17) is 10.5 Å². The van der Waals surface area contributed by atoms with Crippen molar-refractivity contribution in [1.29, 1.82) is 0 Å². The van der Waals surface area contributed by atoms with Crippen LogP contribution in [-0.2, 0) is 4.74 Å². The van der Waals surface area contributed by atoms with Crippen LogP contribution in [0.4, 0.5) is 10.2 Å². The molecule has 0 bridgehead atoms. The molecule has 1 aromatic rings. The van der Waals surface area contributed by atoms with Crippen molar-refractivity contribution in [2.45, 2.75) is 31.8 Å². The number of anilines is 1. The Labute approximate surface area is 85.7 Å². The minimum absolute atomic E-state index is 0.123. The molecule has 82 valence electrons. The van der Waals surface area contributed by atoms with E-state index in [0.29, 0.717) is 6.42 Å². The number of alkyl halides is 1. The van der Waals surface area contributed by atoms with Crippen molar-refractivity contribution < 1.29 is 9.13 Å². The van der Waals surface area contributed by atoms with Gasteiger partial charge in [0.15, 0.2) is 6.23 Å². The molecule has 3 unspecified atom stereocenters. The van der Waals surface area contributed by atoms with Crippen LogP contribution in [0.1, 0.15) is 19.6 Å². The molecule has 3 atom stereocenters. The van der Waals surface area contributed by atoms with Crippen molar-refractivity contribution in [3.8, 4) is 0 Å². The first-order chi connectivity index (χ1) is 7.08. The predicted molar refractivity (Wildman–Crippen MR) is 52.0 cm³/mol. The molecule has 2 N–H and O–H groups in total. The number of halogens is 1. The fraction of sp³-hybridized carbons (Fsp3) is 0.556. The smallest absolute Gasteiger partial charge is 0.351 e. The Bertz CT molecular complexity index is 420. The van der Waals surface area contributed by atoms with E-state index in [2.05, 4.69) is 4.98 Å². The summed E-state index contributed by atoms with van der Waals surface area (Å²) in [5, 5.41) is 0. The van der Waals surface area contributed by atoms with Crippen LogP contribution < -0.4 is 11.4 Å². The molecule has 0 radical (unpaired) electrons. The molecule has 1 aliphatic heterocycles. The highest BCUT2D eigenvalue weighted by Crippen LogP contribution is 2.29. The van der Waals surface area contributed by atoms with Crippen molar-refractivity contribution in [3.05, 3.63) is 22.7 Å². The summed E-state index contributed by atoms with van der Waals surface area (Å²) in [5.41, 5.74) is 4.74. The van der Waals surface area contributed by atoms with Crippen LogP contribution in [0.5, 0.6) is 0 Å². The van der Waals surface area contributed by atoms with Gasteiger partial charge in [-0.15, -0.1) is 0 Å². The minimum Gasteiger partial charge on any atom is -0.383 e. The maximum Gasteiger partial charge on any atom is 0.351 e. The van der Waals surface area contributed by atoms with Gasteiger partial charge >= 0.3 is 5.69 Å². The lowest BCUT2D eigenvalue weighted by molar-refractivity contribution is -0.0146. The average Bonchev–Trinajstić information content (AvgIpc) is 2.45. The number of ether oxygens (including phenoxy) is 1. The standard InChI is InChI=1S/C9H12FN3O2/c1-5-4-6(10)8(15-5)13-3-2-7(11)12-9(13)14/h2-3,5-6,8H,4H2,1H3,(H2,11,12,14). The first-order valence-electron chi connectivity index (χ1n) is 4.72. The van der Waals surface area contributed by atoms with Crippen molar-refractivity contribution >= 4 is 5.82 Å². The lowest BCUT2D eigenvalue weighted by Crippen LogP contribution is -2.30. The van der Waals surface area contributed by atoms with Gasteiger partial charge in [0.25, 0.3) is 0 Å². The van der Waals surface area contributed by atoms with Crippen LogP contribution in [0.2, 0.25) is 0 Å². The molecule has 0 spiro atoms. The topological polar surface area (TPSA) is 70.1 Å². The summed E-state index contributed by atoms with van der Waals surface area (Å²) in [5.74, 6) is 0.123. The Balaban J connectivity index is 2.34. The SMILES string of the molecule is CC1CC(F)C(n2ccc(N)nc2=O)O1. The highest BCUT2D eigenvalue weighted by atomic mass is 19.1. The Morgan fingerprint density at radius 1 is 1.73 bits per heavy atom. The third kappa shape index (κ3) is 1.85. The average molecular weight is 213 g/mol. The van der Waals surface area contributed by atoms with Crippen LogP contribution >= 0.6 is 0 Å². The summed E-state index contributed by atoms with van der Waals surface area (Å²) in [7, 11) is 0. The molecule has 0 saturated carbocycles. The summed E-state index contributed by atoms with van der Waals surface area (Å²) in [6.45, 7) is 1.77. The Morgan fingerprint density at radius 3 is 3.00 bits per heavy atom. The van der Waals surface area contributed by atoms with E-state index in [0.717, 1.165) is 4.57 Å². The molecule has 1 aromatic heterocycles. The Morgan fingerprint density at radius 2 is 2.47 bits per heavy atom. The summed E-state index contributed by atoms with van der Waals surface area (Å²) in [6.07, 6.45) is -0.542. The molecule has 0 amide bonds. The first-order valence-corrected chi connectivity index (χ1v) is 4.72. The fourth-order valence-electron chi connectivity index (χ4n) is 1.67. The number of nitrogens with zero attached hydrogens (tertiary/aromatic N) is 2. The van der Waals surface area contributed by atoms with E-state index in [-0.39, 0.29) is 11.9 Å². The number of rotatable bonds is 1. The van der Waals surface area contributed by atoms with E-state index in [1.54, 1.807) is 6.92 Å². The maximum absolute atomic E-state index is 13.5. The molecular weight excluding hydrogens is 201 g/mol. The second-order valence-corrected chi connectivity index (χ2v) is 3.63. The van der Waals surface area contributed by atoms with Gasteiger partial charge in [0, 0.05) is 12.6 Å². The summed E-state index contributed by atoms with van der Waals surface area (Å²) >= 11 is 0. The third-order valence-corrected chi connectivity index (χ3v) is 2.36. The quantitative estimate of drug-likeness (QED) is 0.736. The van der Waals surface area contributed by atoms with Gasteiger partial charge in [-0.1, -0.05) is 0 Å². The van der Waals surface area contributed by atoms with Gasteiger partial charge in [-0.2, -0.15) is 4.98 Å². The number of hydrogen-bond donors (Lipinski definition) is 1. The molecule has 1 saturated heterocycles. The van der Waals surface area contributed by atoms with E-state index in [9.17, 15) is 9.18 Å². The molecule has 0 aromatic carbocycles. The maximum atomic E-state index is 13.5. The molecule has 5 nitrogen and oxygen atoms in total. The molecule has 2 heterocycles. The first kappa shape index (κ1) is 10.1. The molecule has 0 aliphatic carbocycles. The molecule has 1 fully saturated rings. The second-order valence-electron chi connectivity index (χ2n) is 3.63. The predicted octanol–water partition coefficient (Wildman–Crippen LogP) is 0.471. The Hall–Kier alpha value is -1.43. The van der Waals surface area contributed by atoms with Gasteiger partial charge in [0.05, 0.1) is 6.10 Å². The molecule has 6 heteroatoms. The van der Waals surface area contributed by atoms with Crippen LogP contribution in [0, 0.1) is 0 Å².